The molecule has 4 aromatic rings. The molecule has 0 radical (unpaired) electrons. The number of hydrogen-bond donors (Lipinski definition) is 2. The number of fused-ring (bicyclic) bond motifs is 1. The maximum atomic E-state index is 9.53. The number of aromatic hydroxyl groups is 1. The van der Waals surface area contributed by atoms with Crippen LogP contribution < -0.4 is 10.2 Å². The zero-order valence-corrected chi connectivity index (χ0v) is 16.1. The summed E-state index contributed by atoms with van der Waals surface area (Å²) >= 11 is 0. The molecule has 1 saturated heterocycles. The standard InChI is InChI=1S/C23H23N5O/c29-20-10-4-17(5-11-20)21-16-24-28-15-12-22(26-23(21)28)25-18-6-8-19(9-7-18)27-13-2-1-3-14-27/h4-12,15-16,29H,1-3,13-14H2,(H,25,26). The van der Waals surface area contributed by atoms with Crippen molar-refractivity contribution in [2.75, 3.05) is 23.3 Å². The Balaban J connectivity index is 1.39. The van der Waals surface area contributed by atoms with Crippen molar-refractivity contribution in [3.05, 3.63) is 67.0 Å². The lowest BCUT2D eigenvalue weighted by molar-refractivity contribution is 0.475. The Morgan fingerprint density at radius 2 is 1.62 bits per heavy atom. The Morgan fingerprint density at radius 1 is 0.862 bits per heavy atom. The van der Waals surface area contributed by atoms with E-state index in [4.69, 9.17) is 4.98 Å². The lowest BCUT2D eigenvalue weighted by atomic mass is 10.1. The lowest BCUT2D eigenvalue weighted by Gasteiger charge is -2.28. The van der Waals surface area contributed by atoms with Gasteiger partial charge in [-0.2, -0.15) is 5.10 Å². The fourth-order valence-corrected chi connectivity index (χ4v) is 3.84. The first kappa shape index (κ1) is 17.6. The van der Waals surface area contributed by atoms with Gasteiger partial charge in [-0.1, -0.05) is 12.1 Å². The fraction of sp³-hybridized carbons (Fsp3) is 0.217. The second kappa shape index (κ2) is 7.47. The molecule has 1 aliphatic heterocycles. The summed E-state index contributed by atoms with van der Waals surface area (Å²) in [6.07, 6.45) is 7.59. The second-order valence-corrected chi connectivity index (χ2v) is 7.41. The highest BCUT2D eigenvalue weighted by molar-refractivity contribution is 5.78. The van der Waals surface area contributed by atoms with E-state index in [0.717, 1.165) is 41.4 Å². The molecule has 2 N–H and O–H groups in total. The van der Waals surface area contributed by atoms with Crippen LogP contribution in [0.3, 0.4) is 0 Å². The monoisotopic (exact) mass is 385 g/mol. The Labute approximate surface area is 169 Å². The number of aromatic nitrogens is 3. The molecule has 146 valence electrons. The van der Waals surface area contributed by atoms with E-state index >= 15 is 0 Å². The molecule has 29 heavy (non-hydrogen) atoms. The van der Waals surface area contributed by atoms with Crippen LogP contribution in [0.1, 0.15) is 19.3 Å². The van der Waals surface area contributed by atoms with Crippen LogP contribution in [0.15, 0.2) is 67.0 Å². The summed E-state index contributed by atoms with van der Waals surface area (Å²) in [6, 6.07) is 17.6. The zero-order valence-electron chi connectivity index (χ0n) is 16.1. The quantitative estimate of drug-likeness (QED) is 0.526. The molecule has 1 aliphatic rings. The van der Waals surface area contributed by atoms with E-state index < -0.39 is 0 Å². The molecule has 1 fully saturated rings. The molecule has 6 heteroatoms. The minimum Gasteiger partial charge on any atom is -0.508 e. The highest BCUT2D eigenvalue weighted by Gasteiger charge is 2.11. The van der Waals surface area contributed by atoms with Gasteiger partial charge in [-0.3, -0.25) is 0 Å². The molecule has 5 rings (SSSR count). The van der Waals surface area contributed by atoms with Crippen molar-refractivity contribution in [2.45, 2.75) is 19.3 Å². The summed E-state index contributed by atoms with van der Waals surface area (Å²) in [6.45, 7) is 2.29. The number of phenolic OH excluding ortho intramolecular Hbond substituents is 1. The molecule has 0 atom stereocenters. The van der Waals surface area contributed by atoms with Crippen LogP contribution in [-0.2, 0) is 0 Å². The maximum absolute atomic E-state index is 9.53. The van der Waals surface area contributed by atoms with E-state index in [-0.39, 0.29) is 5.75 Å². The number of phenols is 1. The molecule has 0 amide bonds. The van der Waals surface area contributed by atoms with E-state index in [1.165, 1.54) is 24.9 Å². The van der Waals surface area contributed by atoms with Crippen LogP contribution in [0.5, 0.6) is 5.75 Å². The van der Waals surface area contributed by atoms with Crippen molar-refractivity contribution in [3.63, 3.8) is 0 Å². The summed E-state index contributed by atoms with van der Waals surface area (Å²) in [5.41, 5.74) is 4.95. The van der Waals surface area contributed by atoms with Gasteiger partial charge in [0.05, 0.1) is 6.20 Å². The molecule has 0 aliphatic carbocycles. The van der Waals surface area contributed by atoms with Crippen LogP contribution >= 0.6 is 0 Å². The van der Waals surface area contributed by atoms with Crippen molar-refractivity contribution >= 4 is 22.8 Å². The Bertz CT molecular complexity index is 1110. The van der Waals surface area contributed by atoms with Gasteiger partial charge in [0, 0.05) is 36.2 Å². The summed E-state index contributed by atoms with van der Waals surface area (Å²) in [7, 11) is 0. The maximum Gasteiger partial charge on any atom is 0.165 e. The Kier molecular flexibility index (Phi) is 4.52. The van der Waals surface area contributed by atoms with Gasteiger partial charge in [0.25, 0.3) is 0 Å². The number of nitrogens with zero attached hydrogens (tertiary/aromatic N) is 4. The molecule has 2 aromatic carbocycles. The van der Waals surface area contributed by atoms with Gasteiger partial charge in [-0.05, 0) is 67.3 Å². The number of rotatable bonds is 4. The van der Waals surface area contributed by atoms with Crippen LogP contribution in [-0.4, -0.2) is 32.8 Å². The third kappa shape index (κ3) is 3.61. The molecule has 0 spiro atoms. The minimum atomic E-state index is 0.244. The molecule has 0 unspecified atom stereocenters. The number of hydrogen-bond acceptors (Lipinski definition) is 5. The summed E-state index contributed by atoms with van der Waals surface area (Å²) in [5, 5.41) is 17.3. The number of benzene rings is 2. The predicted octanol–water partition coefficient (Wildman–Crippen LogP) is 4.84. The van der Waals surface area contributed by atoms with Crippen LogP contribution in [0.4, 0.5) is 17.2 Å². The normalized spacial score (nSPS) is 14.3. The highest BCUT2D eigenvalue weighted by Crippen LogP contribution is 2.27. The molecular formula is C23H23N5O. The van der Waals surface area contributed by atoms with E-state index in [1.807, 2.05) is 24.4 Å². The summed E-state index contributed by atoms with van der Waals surface area (Å²) in [5.74, 6) is 1.01. The largest absolute Gasteiger partial charge is 0.508 e. The summed E-state index contributed by atoms with van der Waals surface area (Å²) in [4.78, 5) is 7.21. The van der Waals surface area contributed by atoms with E-state index in [1.54, 1.807) is 22.8 Å². The van der Waals surface area contributed by atoms with Crippen LogP contribution in [0, 0.1) is 0 Å². The Morgan fingerprint density at radius 3 is 2.38 bits per heavy atom. The van der Waals surface area contributed by atoms with E-state index in [0.29, 0.717) is 0 Å². The highest BCUT2D eigenvalue weighted by atomic mass is 16.3. The first-order valence-electron chi connectivity index (χ1n) is 10.0. The smallest absolute Gasteiger partial charge is 0.165 e. The van der Waals surface area contributed by atoms with Gasteiger partial charge in [0.1, 0.15) is 11.6 Å². The van der Waals surface area contributed by atoms with Gasteiger partial charge < -0.3 is 15.3 Å². The fourth-order valence-electron chi connectivity index (χ4n) is 3.84. The molecule has 6 nitrogen and oxygen atoms in total. The van der Waals surface area contributed by atoms with Crippen LogP contribution in [0.25, 0.3) is 16.8 Å². The van der Waals surface area contributed by atoms with Crippen molar-refractivity contribution in [1.29, 1.82) is 0 Å². The van der Waals surface area contributed by atoms with Crippen molar-refractivity contribution in [2.24, 2.45) is 0 Å². The van der Waals surface area contributed by atoms with Gasteiger partial charge >= 0.3 is 0 Å². The second-order valence-electron chi connectivity index (χ2n) is 7.41. The third-order valence-electron chi connectivity index (χ3n) is 5.41. The lowest BCUT2D eigenvalue weighted by Crippen LogP contribution is -2.29. The van der Waals surface area contributed by atoms with Crippen molar-refractivity contribution in [3.8, 4) is 16.9 Å². The van der Waals surface area contributed by atoms with Gasteiger partial charge in [-0.25, -0.2) is 9.50 Å². The third-order valence-corrected chi connectivity index (χ3v) is 5.41. The molecule has 2 aromatic heterocycles. The number of piperidine rings is 1. The first-order valence-corrected chi connectivity index (χ1v) is 10.0. The number of anilines is 3. The number of nitrogens with one attached hydrogen (secondary N) is 1. The molecule has 0 bridgehead atoms. The van der Waals surface area contributed by atoms with Crippen molar-refractivity contribution < 1.29 is 5.11 Å². The van der Waals surface area contributed by atoms with Gasteiger partial charge in [0.2, 0.25) is 0 Å². The van der Waals surface area contributed by atoms with Crippen LogP contribution in [0.2, 0.25) is 0 Å². The summed E-state index contributed by atoms with van der Waals surface area (Å²) < 4.78 is 1.76. The van der Waals surface area contributed by atoms with Crippen molar-refractivity contribution in [1.82, 2.24) is 14.6 Å². The van der Waals surface area contributed by atoms with Gasteiger partial charge in [-0.15, -0.1) is 0 Å². The average molecular weight is 385 g/mol. The average Bonchev–Trinajstić information content (AvgIpc) is 3.19. The molecule has 3 heterocycles. The molecule has 0 saturated carbocycles. The predicted molar refractivity (Wildman–Crippen MR) is 116 cm³/mol. The topological polar surface area (TPSA) is 65.7 Å². The van der Waals surface area contributed by atoms with Gasteiger partial charge in [0.15, 0.2) is 5.65 Å². The SMILES string of the molecule is Oc1ccc(-c2cnn3ccc(Nc4ccc(N5CCCCC5)cc4)nc23)cc1. The van der Waals surface area contributed by atoms with E-state index in [9.17, 15) is 5.11 Å². The Hall–Kier alpha value is -3.54. The zero-order chi connectivity index (χ0) is 19.6. The van der Waals surface area contributed by atoms with E-state index in [2.05, 4.69) is 39.6 Å². The minimum absolute atomic E-state index is 0.244. The first-order chi connectivity index (χ1) is 14.3. The molecular weight excluding hydrogens is 362 g/mol.